The standard InChI is InChI=1S/C24H24F3N3O4/c1-14(31)28-19(13-17-16-10-6-7-11-18(16)29-21(17)24(25,26)27)22(32)30-20(23(33)34-2)12-15-8-4-3-5-9-15/h3-11,19-20,29H,12-13H2,1-2H3,(H,28,31)(H,30,32)/t19-,20-/m0/s1. The first kappa shape index (κ1) is 24.8. The van der Waals surface area contributed by atoms with Crippen LogP contribution in [0, 0.1) is 0 Å². The number of rotatable bonds is 8. The SMILES string of the molecule is COC(=O)[C@H](Cc1ccccc1)NC(=O)[C@H](Cc1c(C(F)(F)F)[nH]c2ccccc12)NC(C)=O. The van der Waals surface area contributed by atoms with Crippen LogP contribution in [0.4, 0.5) is 13.2 Å². The molecule has 0 saturated heterocycles. The van der Waals surface area contributed by atoms with E-state index in [1.54, 1.807) is 42.5 Å². The first-order valence-corrected chi connectivity index (χ1v) is 10.5. The van der Waals surface area contributed by atoms with Crippen LogP contribution in [-0.2, 0) is 38.1 Å². The summed E-state index contributed by atoms with van der Waals surface area (Å²) in [5.74, 6) is -2.13. The first-order valence-electron chi connectivity index (χ1n) is 10.5. The van der Waals surface area contributed by atoms with Crippen molar-refractivity contribution in [3.63, 3.8) is 0 Å². The zero-order valence-corrected chi connectivity index (χ0v) is 18.5. The van der Waals surface area contributed by atoms with Crippen LogP contribution in [0.5, 0.6) is 0 Å². The molecule has 0 fully saturated rings. The van der Waals surface area contributed by atoms with Gasteiger partial charge in [0, 0.05) is 30.7 Å². The van der Waals surface area contributed by atoms with Gasteiger partial charge in [-0.1, -0.05) is 48.5 Å². The molecule has 10 heteroatoms. The van der Waals surface area contributed by atoms with Crippen molar-refractivity contribution < 1.29 is 32.3 Å². The van der Waals surface area contributed by atoms with E-state index in [9.17, 15) is 27.6 Å². The Labute approximate surface area is 193 Å². The number of aromatic amines is 1. The Balaban J connectivity index is 1.92. The topological polar surface area (TPSA) is 100 Å². The number of methoxy groups -OCH3 is 1. The highest BCUT2D eigenvalue weighted by atomic mass is 19.4. The molecule has 0 spiro atoms. The molecule has 7 nitrogen and oxygen atoms in total. The van der Waals surface area contributed by atoms with Crippen molar-refractivity contribution in [2.45, 2.75) is 38.0 Å². The van der Waals surface area contributed by atoms with Crippen molar-refractivity contribution in [1.82, 2.24) is 15.6 Å². The summed E-state index contributed by atoms with van der Waals surface area (Å²) in [6, 6.07) is 12.6. The van der Waals surface area contributed by atoms with Crippen LogP contribution in [0.1, 0.15) is 23.7 Å². The van der Waals surface area contributed by atoms with Crippen LogP contribution in [-0.4, -0.2) is 42.0 Å². The Morgan fingerprint density at radius 1 is 0.941 bits per heavy atom. The van der Waals surface area contributed by atoms with Gasteiger partial charge < -0.3 is 20.4 Å². The highest BCUT2D eigenvalue weighted by Crippen LogP contribution is 2.36. The van der Waals surface area contributed by atoms with Crippen LogP contribution in [0.15, 0.2) is 54.6 Å². The molecule has 0 aliphatic carbocycles. The number of benzene rings is 2. The number of hydrogen-bond donors (Lipinski definition) is 3. The molecule has 1 aromatic heterocycles. The quantitative estimate of drug-likeness (QED) is 0.436. The lowest BCUT2D eigenvalue weighted by molar-refractivity contribution is -0.145. The molecular weight excluding hydrogens is 451 g/mol. The number of carbonyl (C=O) groups excluding carboxylic acids is 3. The molecule has 1 heterocycles. The van der Waals surface area contributed by atoms with E-state index in [-0.39, 0.29) is 22.9 Å². The predicted octanol–water partition coefficient (Wildman–Crippen LogP) is 3.13. The van der Waals surface area contributed by atoms with E-state index in [0.717, 1.165) is 12.5 Å². The minimum atomic E-state index is -4.70. The molecule has 3 aromatic rings. The minimum absolute atomic E-state index is 0.104. The number of para-hydroxylation sites is 1. The number of carbonyl (C=O) groups is 3. The van der Waals surface area contributed by atoms with Crippen LogP contribution in [0.3, 0.4) is 0 Å². The van der Waals surface area contributed by atoms with Gasteiger partial charge in [0.15, 0.2) is 0 Å². The molecule has 2 amide bonds. The van der Waals surface area contributed by atoms with E-state index in [0.29, 0.717) is 0 Å². The van der Waals surface area contributed by atoms with Gasteiger partial charge in [-0.2, -0.15) is 13.2 Å². The molecule has 3 N–H and O–H groups in total. The van der Waals surface area contributed by atoms with Crippen molar-refractivity contribution in [2.75, 3.05) is 7.11 Å². The Hall–Kier alpha value is -3.82. The number of alkyl halides is 3. The average Bonchev–Trinajstić information content (AvgIpc) is 3.17. The van der Waals surface area contributed by atoms with Gasteiger partial charge in [-0.05, 0) is 17.2 Å². The summed E-state index contributed by atoms with van der Waals surface area (Å²) in [4.78, 5) is 39.5. The van der Waals surface area contributed by atoms with Crippen molar-refractivity contribution in [1.29, 1.82) is 0 Å². The molecule has 180 valence electrons. The third-order valence-corrected chi connectivity index (χ3v) is 5.28. The highest BCUT2D eigenvalue weighted by molar-refractivity contribution is 5.92. The van der Waals surface area contributed by atoms with Crippen LogP contribution in [0.25, 0.3) is 10.9 Å². The largest absolute Gasteiger partial charge is 0.467 e. The van der Waals surface area contributed by atoms with Gasteiger partial charge in [-0.25, -0.2) is 4.79 Å². The Morgan fingerprint density at radius 3 is 2.21 bits per heavy atom. The Kier molecular flexibility index (Phi) is 7.60. The van der Waals surface area contributed by atoms with Crippen LogP contribution >= 0.6 is 0 Å². The zero-order chi connectivity index (χ0) is 24.9. The summed E-state index contributed by atoms with van der Waals surface area (Å²) in [7, 11) is 1.17. The van der Waals surface area contributed by atoms with Gasteiger partial charge in [0.1, 0.15) is 17.8 Å². The average molecular weight is 475 g/mol. The maximum atomic E-state index is 13.7. The van der Waals surface area contributed by atoms with Gasteiger partial charge in [0.25, 0.3) is 0 Å². The summed E-state index contributed by atoms with van der Waals surface area (Å²) in [5.41, 5.74) is -0.158. The fourth-order valence-electron chi connectivity index (χ4n) is 3.77. The first-order chi connectivity index (χ1) is 16.1. The maximum Gasteiger partial charge on any atom is 0.431 e. The Morgan fingerprint density at radius 2 is 1.59 bits per heavy atom. The molecule has 2 aromatic carbocycles. The van der Waals surface area contributed by atoms with Crippen molar-refractivity contribution in [3.8, 4) is 0 Å². The van der Waals surface area contributed by atoms with E-state index in [2.05, 4.69) is 15.6 Å². The zero-order valence-electron chi connectivity index (χ0n) is 18.5. The smallest absolute Gasteiger partial charge is 0.431 e. The van der Waals surface area contributed by atoms with Crippen LogP contribution in [0.2, 0.25) is 0 Å². The van der Waals surface area contributed by atoms with Crippen LogP contribution < -0.4 is 10.6 Å². The second-order valence-electron chi connectivity index (χ2n) is 7.75. The minimum Gasteiger partial charge on any atom is -0.467 e. The van der Waals surface area contributed by atoms with E-state index in [1.807, 2.05) is 0 Å². The molecule has 0 radical (unpaired) electrons. The monoisotopic (exact) mass is 475 g/mol. The van der Waals surface area contributed by atoms with E-state index < -0.39 is 48.2 Å². The molecule has 0 aliphatic rings. The summed E-state index contributed by atoms with van der Waals surface area (Å²) in [6.45, 7) is 1.15. The van der Waals surface area contributed by atoms with E-state index in [4.69, 9.17) is 4.74 Å². The van der Waals surface area contributed by atoms with Crippen molar-refractivity contribution >= 4 is 28.7 Å². The normalized spacial score (nSPS) is 13.2. The van der Waals surface area contributed by atoms with Crippen molar-refractivity contribution in [3.05, 3.63) is 71.4 Å². The molecule has 0 unspecified atom stereocenters. The molecule has 0 bridgehead atoms. The lowest BCUT2D eigenvalue weighted by Crippen LogP contribution is -2.53. The second-order valence-corrected chi connectivity index (χ2v) is 7.75. The lowest BCUT2D eigenvalue weighted by Gasteiger charge is -2.22. The van der Waals surface area contributed by atoms with Gasteiger partial charge in [-0.15, -0.1) is 0 Å². The van der Waals surface area contributed by atoms with Gasteiger partial charge >= 0.3 is 12.1 Å². The number of nitrogens with one attached hydrogen (secondary N) is 3. The molecular formula is C24H24F3N3O4. The number of aromatic nitrogens is 1. The third kappa shape index (κ3) is 5.94. The second kappa shape index (κ2) is 10.4. The highest BCUT2D eigenvalue weighted by Gasteiger charge is 2.38. The van der Waals surface area contributed by atoms with Gasteiger partial charge in [0.2, 0.25) is 11.8 Å². The number of amides is 2. The fraction of sp³-hybridized carbons (Fsp3) is 0.292. The number of esters is 1. The number of H-pyrrole nitrogens is 1. The Bertz CT molecular complexity index is 1180. The lowest BCUT2D eigenvalue weighted by atomic mass is 10.00. The van der Waals surface area contributed by atoms with Gasteiger partial charge in [0.05, 0.1) is 7.11 Å². The summed E-state index contributed by atoms with van der Waals surface area (Å²) in [6.07, 6.45) is -5.04. The van der Waals surface area contributed by atoms with E-state index in [1.165, 1.54) is 19.2 Å². The molecule has 34 heavy (non-hydrogen) atoms. The number of halogens is 3. The van der Waals surface area contributed by atoms with E-state index >= 15 is 0 Å². The predicted molar refractivity (Wildman–Crippen MR) is 119 cm³/mol. The number of fused-ring (bicyclic) bond motifs is 1. The molecule has 0 saturated carbocycles. The summed E-state index contributed by atoms with van der Waals surface area (Å²) < 4.78 is 46.0. The maximum absolute atomic E-state index is 13.7. The number of ether oxygens (including phenoxy) is 1. The fourth-order valence-corrected chi connectivity index (χ4v) is 3.77. The third-order valence-electron chi connectivity index (χ3n) is 5.28. The summed E-state index contributed by atoms with van der Waals surface area (Å²) in [5, 5.41) is 5.21. The summed E-state index contributed by atoms with van der Waals surface area (Å²) >= 11 is 0. The molecule has 3 rings (SSSR count). The number of hydrogen-bond acceptors (Lipinski definition) is 4. The van der Waals surface area contributed by atoms with Crippen molar-refractivity contribution in [2.24, 2.45) is 0 Å². The molecule has 2 atom stereocenters. The molecule has 0 aliphatic heterocycles. The van der Waals surface area contributed by atoms with Gasteiger partial charge in [-0.3, -0.25) is 9.59 Å².